The van der Waals surface area contributed by atoms with E-state index in [4.69, 9.17) is 4.42 Å². The molecule has 0 aliphatic carbocycles. The van der Waals surface area contributed by atoms with Crippen molar-refractivity contribution in [3.8, 4) is 11.5 Å². The van der Waals surface area contributed by atoms with E-state index in [0.29, 0.717) is 11.9 Å². The molecule has 1 saturated heterocycles. The van der Waals surface area contributed by atoms with Crippen molar-refractivity contribution in [1.29, 1.82) is 0 Å². The van der Waals surface area contributed by atoms with Crippen LogP contribution in [-0.2, 0) is 0 Å². The third-order valence-electron chi connectivity index (χ3n) is 3.39. The monoisotopic (exact) mass is 273 g/mol. The SMILES string of the molecule is CN(C)c1nnc(-c2ccc(N3CCNCC3)cc2)o1. The average molecular weight is 273 g/mol. The van der Waals surface area contributed by atoms with Crippen LogP contribution in [0.1, 0.15) is 0 Å². The molecule has 0 saturated carbocycles. The van der Waals surface area contributed by atoms with Crippen LogP contribution in [-0.4, -0.2) is 50.5 Å². The largest absolute Gasteiger partial charge is 0.403 e. The average Bonchev–Trinajstić information content (AvgIpc) is 2.98. The molecule has 1 aliphatic rings. The molecular weight excluding hydrogens is 254 g/mol. The van der Waals surface area contributed by atoms with Gasteiger partial charge >= 0.3 is 6.01 Å². The molecule has 1 N–H and O–H groups in total. The van der Waals surface area contributed by atoms with Crippen LogP contribution >= 0.6 is 0 Å². The Morgan fingerprint density at radius 3 is 2.40 bits per heavy atom. The summed E-state index contributed by atoms with van der Waals surface area (Å²) in [4.78, 5) is 4.17. The molecule has 3 rings (SSSR count). The molecule has 2 aromatic rings. The number of rotatable bonds is 3. The van der Waals surface area contributed by atoms with Gasteiger partial charge < -0.3 is 19.5 Å². The Kier molecular flexibility index (Phi) is 3.56. The number of hydrogen-bond acceptors (Lipinski definition) is 6. The van der Waals surface area contributed by atoms with Gasteiger partial charge in [0.15, 0.2) is 0 Å². The van der Waals surface area contributed by atoms with Crippen molar-refractivity contribution >= 4 is 11.7 Å². The number of benzene rings is 1. The first kappa shape index (κ1) is 12.9. The minimum atomic E-state index is 0.520. The molecule has 0 amide bonds. The summed E-state index contributed by atoms with van der Waals surface area (Å²) in [5, 5.41) is 11.4. The predicted molar refractivity (Wildman–Crippen MR) is 79.1 cm³/mol. The van der Waals surface area contributed by atoms with E-state index in [1.807, 2.05) is 26.2 Å². The van der Waals surface area contributed by atoms with Gasteiger partial charge in [-0.05, 0) is 24.3 Å². The van der Waals surface area contributed by atoms with Gasteiger partial charge in [-0.25, -0.2) is 0 Å². The molecule has 6 heteroatoms. The van der Waals surface area contributed by atoms with Crippen LogP contribution in [0.5, 0.6) is 0 Å². The van der Waals surface area contributed by atoms with E-state index in [1.165, 1.54) is 5.69 Å². The Labute approximate surface area is 118 Å². The molecule has 2 heterocycles. The highest BCUT2D eigenvalue weighted by atomic mass is 16.4. The van der Waals surface area contributed by atoms with Crippen molar-refractivity contribution in [2.45, 2.75) is 0 Å². The van der Waals surface area contributed by atoms with Crippen LogP contribution in [0.3, 0.4) is 0 Å². The molecular formula is C14H19N5O. The van der Waals surface area contributed by atoms with Crippen molar-refractivity contribution in [2.24, 2.45) is 0 Å². The number of aromatic nitrogens is 2. The van der Waals surface area contributed by atoms with Gasteiger partial charge in [-0.3, -0.25) is 0 Å². The molecule has 1 aromatic carbocycles. The number of piperazine rings is 1. The highest BCUT2D eigenvalue weighted by Crippen LogP contribution is 2.24. The van der Waals surface area contributed by atoms with E-state index >= 15 is 0 Å². The lowest BCUT2D eigenvalue weighted by atomic mass is 10.2. The molecule has 0 spiro atoms. The second-order valence-corrected chi connectivity index (χ2v) is 5.07. The zero-order valence-electron chi connectivity index (χ0n) is 11.8. The Bertz CT molecular complexity index is 557. The fourth-order valence-corrected chi connectivity index (χ4v) is 2.25. The molecule has 106 valence electrons. The summed E-state index contributed by atoms with van der Waals surface area (Å²) < 4.78 is 5.60. The molecule has 0 unspecified atom stereocenters. The first-order valence-corrected chi connectivity index (χ1v) is 6.81. The maximum atomic E-state index is 5.60. The number of hydrogen-bond donors (Lipinski definition) is 1. The number of anilines is 2. The molecule has 20 heavy (non-hydrogen) atoms. The molecule has 0 radical (unpaired) electrons. The zero-order chi connectivity index (χ0) is 13.9. The van der Waals surface area contributed by atoms with Crippen molar-refractivity contribution in [2.75, 3.05) is 50.1 Å². The predicted octanol–water partition coefficient (Wildman–Crippen LogP) is 1.21. The first-order chi connectivity index (χ1) is 9.74. The lowest BCUT2D eigenvalue weighted by molar-refractivity contribution is 0.566. The fraction of sp³-hybridized carbons (Fsp3) is 0.429. The second-order valence-electron chi connectivity index (χ2n) is 5.07. The smallest absolute Gasteiger partial charge is 0.317 e. The van der Waals surface area contributed by atoms with Gasteiger partial charge in [0, 0.05) is 51.5 Å². The van der Waals surface area contributed by atoms with Crippen LogP contribution in [0.25, 0.3) is 11.5 Å². The van der Waals surface area contributed by atoms with Gasteiger partial charge in [-0.1, -0.05) is 5.10 Å². The Morgan fingerprint density at radius 1 is 1.10 bits per heavy atom. The van der Waals surface area contributed by atoms with E-state index in [1.54, 1.807) is 4.90 Å². The first-order valence-electron chi connectivity index (χ1n) is 6.81. The lowest BCUT2D eigenvalue weighted by Crippen LogP contribution is -2.43. The summed E-state index contributed by atoms with van der Waals surface area (Å²) in [6, 6.07) is 8.81. The van der Waals surface area contributed by atoms with Gasteiger partial charge in [0.2, 0.25) is 5.89 Å². The van der Waals surface area contributed by atoms with Gasteiger partial charge in [-0.15, -0.1) is 5.10 Å². The highest BCUT2D eigenvalue weighted by Gasteiger charge is 2.12. The van der Waals surface area contributed by atoms with E-state index < -0.39 is 0 Å². The number of nitrogens with one attached hydrogen (secondary N) is 1. The van der Waals surface area contributed by atoms with E-state index in [9.17, 15) is 0 Å². The maximum Gasteiger partial charge on any atom is 0.317 e. The highest BCUT2D eigenvalue weighted by molar-refractivity contribution is 5.59. The molecule has 1 aromatic heterocycles. The standard InChI is InChI=1S/C14H19N5O/c1-18(2)14-17-16-13(20-14)11-3-5-12(6-4-11)19-9-7-15-8-10-19/h3-6,15H,7-10H2,1-2H3. The minimum Gasteiger partial charge on any atom is -0.403 e. The molecule has 0 bridgehead atoms. The van der Waals surface area contributed by atoms with Crippen LogP contribution in [0.2, 0.25) is 0 Å². The molecule has 1 aliphatic heterocycles. The third-order valence-corrected chi connectivity index (χ3v) is 3.39. The second kappa shape index (κ2) is 5.50. The van der Waals surface area contributed by atoms with Crippen LogP contribution in [0.15, 0.2) is 28.7 Å². The van der Waals surface area contributed by atoms with Gasteiger partial charge in [-0.2, -0.15) is 0 Å². The van der Waals surface area contributed by atoms with E-state index in [0.717, 1.165) is 31.7 Å². The number of nitrogens with zero attached hydrogens (tertiary/aromatic N) is 4. The van der Waals surface area contributed by atoms with Gasteiger partial charge in [0.1, 0.15) is 0 Å². The summed E-state index contributed by atoms with van der Waals surface area (Å²) in [6.07, 6.45) is 0. The van der Waals surface area contributed by atoms with Crippen molar-refractivity contribution in [1.82, 2.24) is 15.5 Å². The lowest BCUT2D eigenvalue weighted by Gasteiger charge is -2.29. The zero-order valence-corrected chi connectivity index (χ0v) is 11.8. The Balaban J connectivity index is 1.77. The molecule has 1 fully saturated rings. The minimum absolute atomic E-state index is 0.520. The van der Waals surface area contributed by atoms with Crippen molar-refractivity contribution in [3.63, 3.8) is 0 Å². The third kappa shape index (κ3) is 2.60. The summed E-state index contributed by atoms with van der Waals surface area (Å²) >= 11 is 0. The Morgan fingerprint density at radius 2 is 1.80 bits per heavy atom. The summed E-state index contributed by atoms with van der Waals surface area (Å²) in [5.41, 5.74) is 2.19. The Hall–Kier alpha value is -2.08. The molecule has 0 atom stereocenters. The van der Waals surface area contributed by atoms with E-state index in [-0.39, 0.29) is 0 Å². The van der Waals surface area contributed by atoms with Crippen molar-refractivity contribution in [3.05, 3.63) is 24.3 Å². The molecule has 6 nitrogen and oxygen atoms in total. The van der Waals surface area contributed by atoms with Gasteiger partial charge in [0.25, 0.3) is 0 Å². The quantitative estimate of drug-likeness (QED) is 0.907. The normalized spacial score (nSPS) is 15.4. The van der Waals surface area contributed by atoms with Crippen LogP contribution < -0.4 is 15.1 Å². The summed E-state index contributed by atoms with van der Waals surface area (Å²) in [6.45, 7) is 4.17. The summed E-state index contributed by atoms with van der Waals surface area (Å²) in [7, 11) is 3.76. The fourth-order valence-electron chi connectivity index (χ4n) is 2.25. The maximum absolute atomic E-state index is 5.60. The topological polar surface area (TPSA) is 57.4 Å². The van der Waals surface area contributed by atoms with Crippen molar-refractivity contribution < 1.29 is 4.42 Å². The van der Waals surface area contributed by atoms with E-state index in [2.05, 4.69) is 32.5 Å². The summed E-state index contributed by atoms with van der Waals surface area (Å²) in [5.74, 6) is 0.556. The van der Waals surface area contributed by atoms with Crippen LogP contribution in [0, 0.1) is 0 Å². The van der Waals surface area contributed by atoms with Gasteiger partial charge in [0.05, 0.1) is 0 Å². The van der Waals surface area contributed by atoms with Crippen LogP contribution in [0.4, 0.5) is 11.7 Å².